The molecule has 1 aromatic rings. The maximum absolute atomic E-state index is 12.1. The molecule has 0 saturated carbocycles. The molecule has 0 radical (unpaired) electrons. The summed E-state index contributed by atoms with van der Waals surface area (Å²) >= 11 is 0. The van der Waals surface area contributed by atoms with Gasteiger partial charge in [0.25, 0.3) is 0 Å². The van der Waals surface area contributed by atoms with E-state index < -0.39 is 0 Å². The number of carbonyl (C=O) groups is 2. The van der Waals surface area contributed by atoms with E-state index in [0.29, 0.717) is 6.42 Å². The monoisotopic (exact) mass is 274 g/mol. The number of aryl methyl sites for hydroxylation is 1. The zero-order chi connectivity index (χ0) is 15.6. The van der Waals surface area contributed by atoms with Gasteiger partial charge in [-0.2, -0.15) is 0 Å². The van der Waals surface area contributed by atoms with Gasteiger partial charge < -0.3 is 0 Å². The molecule has 0 aliphatic carbocycles. The van der Waals surface area contributed by atoms with E-state index in [4.69, 9.17) is 0 Å². The number of Topliss-reactive ketones (excluding diaryl/α,β-unsaturated/α-hetero) is 2. The van der Waals surface area contributed by atoms with Crippen LogP contribution >= 0.6 is 0 Å². The van der Waals surface area contributed by atoms with Crippen molar-refractivity contribution in [1.29, 1.82) is 0 Å². The molecule has 0 N–H and O–H groups in total. The van der Waals surface area contributed by atoms with Gasteiger partial charge in [0.05, 0.1) is 0 Å². The lowest BCUT2D eigenvalue weighted by molar-refractivity contribution is -0.126. The molecule has 0 amide bonds. The zero-order valence-electron chi connectivity index (χ0n) is 13.5. The minimum atomic E-state index is -0.357. The van der Waals surface area contributed by atoms with E-state index in [1.807, 2.05) is 65.8 Å². The summed E-state index contributed by atoms with van der Waals surface area (Å²) in [5, 5.41) is 0. The van der Waals surface area contributed by atoms with Crippen molar-refractivity contribution in [1.82, 2.24) is 0 Å². The van der Waals surface area contributed by atoms with Crippen LogP contribution in [0.2, 0.25) is 0 Å². The number of rotatable bonds is 4. The third-order valence-electron chi connectivity index (χ3n) is 3.37. The molecular formula is C18H26O2. The van der Waals surface area contributed by atoms with E-state index in [-0.39, 0.29) is 22.4 Å². The highest BCUT2D eigenvalue weighted by molar-refractivity contribution is 5.99. The van der Waals surface area contributed by atoms with Crippen molar-refractivity contribution in [3.05, 3.63) is 35.4 Å². The molecule has 0 heterocycles. The second-order valence-corrected chi connectivity index (χ2v) is 7.45. The molecule has 0 fully saturated rings. The van der Waals surface area contributed by atoms with Gasteiger partial charge in [-0.25, -0.2) is 0 Å². The summed E-state index contributed by atoms with van der Waals surface area (Å²) in [6.45, 7) is 11.6. The van der Waals surface area contributed by atoms with E-state index >= 15 is 0 Å². The predicted molar refractivity (Wildman–Crippen MR) is 83.0 cm³/mol. The van der Waals surface area contributed by atoms with Gasteiger partial charge in [0, 0.05) is 22.8 Å². The smallest absolute Gasteiger partial charge is 0.168 e. The molecule has 0 aliphatic heterocycles. The molecule has 0 atom stereocenters. The van der Waals surface area contributed by atoms with Crippen LogP contribution in [0.3, 0.4) is 0 Å². The van der Waals surface area contributed by atoms with Crippen molar-refractivity contribution >= 4 is 11.6 Å². The first-order chi connectivity index (χ1) is 9.01. The lowest BCUT2D eigenvalue weighted by Gasteiger charge is -2.17. The Morgan fingerprint density at radius 2 is 1.35 bits per heavy atom. The third-order valence-corrected chi connectivity index (χ3v) is 3.37. The highest BCUT2D eigenvalue weighted by Gasteiger charge is 2.23. The average Bonchev–Trinajstić information content (AvgIpc) is 2.33. The van der Waals surface area contributed by atoms with Gasteiger partial charge in [0.15, 0.2) is 5.78 Å². The molecular weight excluding hydrogens is 248 g/mol. The summed E-state index contributed by atoms with van der Waals surface area (Å²) in [5.41, 5.74) is 1.21. The maximum Gasteiger partial charge on any atom is 0.168 e. The predicted octanol–water partition coefficient (Wildman–Crippen LogP) is 4.46. The normalized spacial score (nSPS) is 12.3. The number of carbonyl (C=O) groups excluding carboxylic acids is 2. The molecule has 0 saturated heterocycles. The fourth-order valence-corrected chi connectivity index (χ4v) is 1.89. The van der Waals surface area contributed by atoms with E-state index in [1.54, 1.807) is 0 Å². The molecule has 0 bridgehead atoms. The van der Waals surface area contributed by atoms with E-state index in [9.17, 15) is 9.59 Å². The van der Waals surface area contributed by atoms with Crippen LogP contribution in [0.15, 0.2) is 24.3 Å². The quantitative estimate of drug-likeness (QED) is 0.759. The van der Waals surface area contributed by atoms with Crippen LogP contribution in [0, 0.1) is 10.8 Å². The summed E-state index contributed by atoms with van der Waals surface area (Å²) in [5.74, 6) is 0.419. The topological polar surface area (TPSA) is 34.1 Å². The summed E-state index contributed by atoms with van der Waals surface area (Å²) in [7, 11) is 0. The maximum atomic E-state index is 12.1. The molecule has 0 aliphatic rings. The minimum absolute atomic E-state index is 0.148. The largest absolute Gasteiger partial charge is 0.299 e. The first-order valence-corrected chi connectivity index (χ1v) is 7.19. The van der Waals surface area contributed by atoms with Gasteiger partial charge in [0.1, 0.15) is 5.78 Å². The van der Waals surface area contributed by atoms with Crippen molar-refractivity contribution in [3.63, 3.8) is 0 Å². The second-order valence-electron chi connectivity index (χ2n) is 7.45. The van der Waals surface area contributed by atoms with Crippen molar-refractivity contribution < 1.29 is 9.59 Å². The van der Waals surface area contributed by atoms with Crippen molar-refractivity contribution in [2.45, 2.75) is 54.4 Å². The Labute approximate surface area is 122 Å². The highest BCUT2D eigenvalue weighted by Crippen LogP contribution is 2.22. The summed E-state index contributed by atoms with van der Waals surface area (Å²) in [6, 6.07) is 7.64. The Morgan fingerprint density at radius 3 is 1.75 bits per heavy atom. The summed E-state index contributed by atoms with van der Waals surface area (Å²) in [4.78, 5) is 24.0. The molecule has 0 unspecified atom stereocenters. The van der Waals surface area contributed by atoms with Crippen LogP contribution in [0.4, 0.5) is 0 Å². The van der Waals surface area contributed by atoms with Crippen LogP contribution in [-0.2, 0) is 11.2 Å². The Bertz CT molecular complexity index is 482. The molecule has 2 nitrogen and oxygen atoms in total. The van der Waals surface area contributed by atoms with E-state index in [0.717, 1.165) is 17.5 Å². The fourth-order valence-electron chi connectivity index (χ4n) is 1.89. The molecule has 20 heavy (non-hydrogen) atoms. The standard InChI is InChI=1S/C18H26O2/c1-17(2,3)15(19)12-9-13-7-10-14(11-8-13)16(20)18(4,5)6/h7-8,10-11H,9,12H2,1-6H3. The van der Waals surface area contributed by atoms with Gasteiger partial charge >= 0.3 is 0 Å². The molecule has 110 valence electrons. The Hall–Kier alpha value is -1.44. The number of hydrogen-bond donors (Lipinski definition) is 0. The van der Waals surface area contributed by atoms with Crippen LogP contribution in [0.1, 0.15) is 63.9 Å². The summed E-state index contributed by atoms with van der Waals surface area (Å²) < 4.78 is 0. The Morgan fingerprint density at radius 1 is 0.850 bits per heavy atom. The number of ketones is 2. The van der Waals surface area contributed by atoms with Crippen LogP contribution in [0.5, 0.6) is 0 Å². The van der Waals surface area contributed by atoms with Gasteiger partial charge in [-0.3, -0.25) is 9.59 Å². The molecule has 1 aromatic carbocycles. The first kappa shape index (κ1) is 16.6. The Kier molecular flexibility index (Phi) is 4.90. The van der Waals surface area contributed by atoms with E-state index in [1.165, 1.54) is 0 Å². The minimum Gasteiger partial charge on any atom is -0.299 e. The third kappa shape index (κ3) is 4.59. The van der Waals surface area contributed by atoms with Gasteiger partial charge in [0.2, 0.25) is 0 Å². The van der Waals surface area contributed by atoms with E-state index in [2.05, 4.69) is 0 Å². The second kappa shape index (κ2) is 5.90. The SMILES string of the molecule is CC(C)(C)C(=O)CCc1ccc(C(=O)C(C)(C)C)cc1. The van der Waals surface area contributed by atoms with Crippen LogP contribution in [0.25, 0.3) is 0 Å². The summed E-state index contributed by atoms with van der Waals surface area (Å²) in [6.07, 6.45) is 1.29. The van der Waals surface area contributed by atoms with Gasteiger partial charge in [-0.05, 0) is 12.0 Å². The van der Waals surface area contributed by atoms with Crippen molar-refractivity contribution in [2.24, 2.45) is 10.8 Å². The lowest BCUT2D eigenvalue weighted by Crippen LogP contribution is -2.21. The molecule has 1 rings (SSSR count). The zero-order valence-corrected chi connectivity index (χ0v) is 13.5. The van der Waals surface area contributed by atoms with Gasteiger partial charge in [-0.1, -0.05) is 65.8 Å². The lowest BCUT2D eigenvalue weighted by atomic mass is 9.85. The van der Waals surface area contributed by atoms with Crippen LogP contribution < -0.4 is 0 Å². The highest BCUT2D eigenvalue weighted by atomic mass is 16.1. The number of hydrogen-bond acceptors (Lipinski definition) is 2. The fraction of sp³-hybridized carbons (Fsp3) is 0.556. The van der Waals surface area contributed by atoms with Crippen molar-refractivity contribution in [3.8, 4) is 0 Å². The molecule has 0 aromatic heterocycles. The average molecular weight is 274 g/mol. The van der Waals surface area contributed by atoms with Crippen LogP contribution in [-0.4, -0.2) is 11.6 Å². The van der Waals surface area contributed by atoms with Gasteiger partial charge in [-0.15, -0.1) is 0 Å². The Balaban J connectivity index is 2.69. The van der Waals surface area contributed by atoms with Crippen molar-refractivity contribution in [2.75, 3.05) is 0 Å². The molecule has 2 heteroatoms. The molecule has 0 spiro atoms. The number of benzene rings is 1. The first-order valence-electron chi connectivity index (χ1n) is 7.19.